The number of anilines is 1. The summed E-state index contributed by atoms with van der Waals surface area (Å²) in [5.41, 5.74) is 0.581. The molecule has 0 aliphatic carbocycles. The van der Waals surface area contributed by atoms with Crippen LogP contribution in [-0.4, -0.2) is 21.3 Å². The Balaban J connectivity index is 1.92. The van der Waals surface area contributed by atoms with E-state index in [9.17, 15) is 4.39 Å². The maximum Gasteiger partial charge on any atom is 0.225 e. The van der Waals surface area contributed by atoms with E-state index in [0.717, 1.165) is 11.5 Å². The van der Waals surface area contributed by atoms with Crippen molar-refractivity contribution in [2.45, 2.75) is 6.42 Å². The van der Waals surface area contributed by atoms with Crippen LogP contribution in [0.15, 0.2) is 18.2 Å². The minimum atomic E-state index is -0.249. The molecule has 16 heavy (non-hydrogen) atoms. The number of nitrogens with one attached hydrogen (secondary N) is 1. The van der Waals surface area contributed by atoms with Crippen molar-refractivity contribution in [2.24, 2.45) is 0 Å². The lowest BCUT2D eigenvalue weighted by atomic mass is 10.1. The molecule has 2 aromatic rings. The Morgan fingerprint density at radius 3 is 3.06 bits per heavy atom. The second-order valence-electron chi connectivity index (χ2n) is 3.08. The predicted molar refractivity (Wildman–Crippen MR) is 61.3 cm³/mol. The fraction of sp³-hybridized carbons (Fsp3) is 0.222. The first-order chi connectivity index (χ1) is 7.75. The molecule has 4 nitrogen and oxygen atoms in total. The molecule has 2 rings (SSSR count). The van der Waals surface area contributed by atoms with Crippen LogP contribution >= 0.6 is 23.1 Å². The second-order valence-corrected chi connectivity index (χ2v) is 4.25. The highest BCUT2D eigenvalue weighted by Crippen LogP contribution is 2.15. The average molecular weight is 259 g/mol. The Morgan fingerprint density at radius 1 is 1.44 bits per heavy atom. The van der Waals surface area contributed by atoms with Crippen molar-refractivity contribution in [1.29, 1.82) is 0 Å². The molecule has 1 heterocycles. The van der Waals surface area contributed by atoms with Crippen molar-refractivity contribution in [2.75, 3.05) is 11.9 Å². The van der Waals surface area contributed by atoms with Gasteiger partial charge in [-0.05, 0) is 35.4 Å². The number of hydrogen-bond acceptors (Lipinski definition) is 5. The molecule has 0 bridgehead atoms. The predicted octanol–water partition coefficient (Wildman–Crippen LogP) is 2.38. The molecule has 1 N–H and O–H groups in total. The molecule has 0 unspecified atom stereocenters. The Morgan fingerprint density at radius 2 is 2.31 bits per heavy atom. The lowest BCUT2D eigenvalue weighted by molar-refractivity contribution is 0.610. The van der Waals surface area contributed by atoms with E-state index in [0.29, 0.717) is 28.7 Å². The third-order valence-electron chi connectivity index (χ3n) is 1.98. The molecule has 0 radical (unpaired) electrons. The van der Waals surface area contributed by atoms with Crippen molar-refractivity contribution >= 4 is 28.3 Å². The van der Waals surface area contributed by atoms with Gasteiger partial charge in [0.25, 0.3) is 0 Å². The van der Waals surface area contributed by atoms with Gasteiger partial charge in [-0.3, -0.25) is 0 Å². The smallest absolute Gasteiger partial charge is 0.225 e. The first kappa shape index (κ1) is 11.2. The van der Waals surface area contributed by atoms with E-state index in [1.165, 1.54) is 12.1 Å². The van der Waals surface area contributed by atoms with E-state index in [1.54, 1.807) is 6.07 Å². The first-order valence-electron chi connectivity index (χ1n) is 4.58. The second kappa shape index (κ2) is 5.18. The Labute approximate surface area is 101 Å². The monoisotopic (exact) mass is 258 g/mol. The van der Waals surface area contributed by atoms with Gasteiger partial charge in [-0.25, -0.2) is 4.39 Å². The van der Waals surface area contributed by atoms with Gasteiger partial charge >= 0.3 is 0 Å². The minimum absolute atomic E-state index is 0.249. The third-order valence-corrected chi connectivity index (χ3v) is 2.77. The maximum atomic E-state index is 13.3. The summed E-state index contributed by atoms with van der Waals surface area (Å²) in [6, 6.07) is 4.52. The van der Waals surface area contributed by atoms with Gasteiger partial charge in [-0.2, -0.15) is 0 Å². The molecule has 0 atom stereocenters. The van der Waals surface area contributed by atoms with Gasteiger partial charge in [-0.15, -0.1) is 0 Å². The Kier molecular flexibility index (Phi) is 3.63. The molecule has 84 valence electrons. The summed E-state index contributed by atoms with van der Waals surface area (Å²) in [5.74, 6) is -0.249. The molecule has 0 aliphatic heterocycles. The van der Waals surface area contributed by atoms with E-state index in [2.05, 4.69) is 20.1 Å². The van der Waals surface area contributed by atoms with Gasteiger partial charge in [0, 0.05) is 23.1 Å². The molecular weight excluding hydrogens is 251 g/mol. The summed E-state index contributed by atoms with van der Waals surface area (Å²) in [5, 5.41) is 11.3. The highest BCUT2D eigenvalue weighted by molar-refractivity contribution is 7.09. The van der Waals surface area contributed by atoms with Crippen LogP contribution in [0.2, 0.25) is 5.02 Å². The maximum absolute atomic E-state index is 13.3. The molecular formula is C9H8ClFN4S. The summed E-state index contributed by atoms with van der Waals surface area (Å²) in [7, 11) is 0. The summed E-state index contributed by atoms with van der Waals surface area (Å²) in [6.45, 7) is 0.564. The van der Waals surface area contributed by atoms with Gasteiger partial charge in [0.15, 0.2) is 0 Å². The van der Waals surface area contributed by atoms with Crippen LogP contribution in [0.3, 0.4) is 0 Å². The summed E-state index contributed by atoms with van der Waals surface area (Å²) >= 11 is 6.94. The van der Waals surface area contributed by atoms with Crippen molar-refractivity contribution < 1.29 is 4.39 Å². The van der Waals surface area contributed by atoms with Crippen molar-refractivity contribution in [3.8, 4) is 0 Å². The Hall–Kier alpha value is -1.27. The van der Waals surface area contributed by atoms with E-state index in [4.69, 9.17) is 11.6 Å². The van der Waals surface area contributed by atoms with Gasteiger partial charge in [-0.1, -0.05) is 21.2 Å². The van der Waals surface area contributed by atoms with Crippen LogP contribution in [0.5, 0.6) is 0 Å². The average Bonchev–Trinajstić information content (AvgIpc) is 2.76. The van der Waals surface area contributed by atoms with Gasteiger partial charge < -0.3 is 5.32 Å². The van der Waals surface area contributed by atoms with Crippen molar-refractivity contribution in [3.05, 3.63) is 34.6 Å². The normalized spacial score (nSPS) is 10.4. The lowest BCUT2D eigenvalue weighted by Crippen LogP contribution is -2.05. The zero-order valence-corrected chi connectivity index (χ0v) is 9.72. The quantitative estimate of drug-likeness (QED) is 0.915. The summed E-state index contributed by atoms with van der Waals surface area (Å²) < 4.78 is 16.9. The van der Waals surface area contributed by atoms with E-state index in [1.807, 2.05) is 0 Å². The first-order valence-corrected chi connectivity index (χ1v) is 5.73. The van der Waals surface area contributed by atoms with Gasteiger partial charge in [0.1, 0.15) is 5.82 Å². The molecule has 1 aromatic heterocycles. The van der Waals surface area contributed by atoms with Crippen molar-refractivity contribution in [3.63, 3.8) is 0 Å². The van der Waals surface area contributed by atoms with Crippen LogP contribution in [0.25, 0.3) is 0 Å². The number of aromatic nitrogens is 3. The van der Waals surface area contributed by atoms with Gasteiger partial charge in [0.2, 0.25) is 5.13 Å². The number of nitrogens with zero attached hydrogens (tertiary/aromatic N) is 3. The molecule has 0 saturated carbocycles. The molecule has 1 aromatic carbocycles. The number of benzene rings is 1. The standard InChI is InChI=1S/C9H8ClFN4S/c10-7-1-2-8(11)6(5-7)3-4-12-9-13-14-15-16-9/h1-2,5H,3-4H2,(H,12,13,15). The molecule has 0 aliphatic rings. The third kappa shape index (κ3) is 2.86. The fourth-order valence-corrected chi connectivity index (χ4v) is 1.83. The van der Waals surface area contributed by atoms with Crippen molar-refractivity contribution in [1.82, 2.24) is 14.8 Å². The SMILES string of the molecule is Fc1ccc(Cl)cc1CCNc1nnns1. The van der Waals surface area contributed by atoms with Crippen LogP contribution in [0, 0.1) is 5.82 Å². The molecule has 0 spiro atoms. The Bertz CT molecular complexity index is 463. The number of halogens is 2. The van der Waals surface area contributed by atoms with Crippen LogP contribution in [-0.2, 0) is 6.42 Å². The minimum Gasteiger partial charge on any atom is -0.359 e. The zero-order chi connectivity index (χ0) is 11.4. The molecule has 7 heteroatoms. The van der Waals surface area contributed by atoms with E-state index < -0.39 is 0 Å². The van der Waals surface area contributed by atoms with Crippen LogP contribution < -0.4 is 5.32 Å². The van der Waals surface area contributed by atoms with Crippen LogP contribution in [0.1, 0.15) is 5.56 Å². The fourth-order valence-electron chi connectivity index (χ4n) is 1.24. The highest BCUT2D eigenvalue weighted by atomic mass is 35.5. The molecule has 0 saturated heterocycles. The number of hydrogen-bond donors (Lipinski definition) is 1. The van der Waals surface area contributed by atoms with Crippen LogP contribution in [0.4, 0.5) is 9.52 Å². The topological polar surface area (TPSA) is 50.7 Å². The van der Waals surface area contributed by atoms with Gasteiger partial charge in [0.05, 0.1) is 0 Å². The highest BCUT2D eigenvalue weighted by Gasteiger charge is 2.03. The summed E-state index contributed by atoms with van der Waals surface area (Å²) in [4.78, 5) is 0. The molecule has 0 amide bonds. The molecule has 0 fully saturated rings. The zero-order valence-electron chi connectivity index (χ0n) is 8.15. The van der Waals surface area contributed by atoms with E-state index >= 15 is 0 Å². The number of rotatable bonds is 4. The lowest BCUT2D eigenvalue weighted by Gasteiger charge is -2.04. The van der Waals surface area contributed by atoms with E-state index in [-0.39, 0.29) is 5.82 Å². The largest absolute Gasteiger partial charge is 0.359 e. The summed E-state index contributed by atoms with van der Waals surface area (Å²) in [6.07, 6.45) is 0.534.